The summed E-state index contributed by atoms with van der Waals surface area (Å²) in [6, 6.07) is 8.99. The highest BCUT2D eigenvalue weighted by atomic mass is 35.5. The molecule has 2 aromatic rings. The molecule has 3 rings (SSSR count). The highest BCUT2D eigenvalue weighted by Crippen LogP contribution is 2.26. The minimum atomic E-state index is -0.185. The second-order valence-electron chi connectivity index (χ2n) is 6.11. The Morgan fingerprint density at radius 1 is 1.17 bits per heavy atom. The third-order valence-corrected chi connectivity index (χ3v) is 4.35. The highest BCUT2D eigenvalue weighted by Gasteiger charge is 2.20. The maximum atomic E-state index is 13.0. The summed E-state index contributed by atoms with van der Waals surface area (Å²) < 4.78 is 15.2. The first kappa shape index (κ1) is 20.9. The van der Waals surface area contributed by atoms with E-state index in [0.29, 0.717) is 5.92 Å². The summed E-state index contributed by atoms with van der Waals surface area (Å²) in [7, 11) is 0. The first-order valence-corrected chi connectivity index (χ1v) is 8.28. The predicted molar refractivity (Wildman–Crippen MR) is 101 cm³/mol. The van der Waals surface area contributed by atoms with Crippen LogP contribution in [0, 0.1) is 5.82 Å². The minimum Gasteiger partial charge on any atom is -0.317 e. The van der Waals surface area contributed by atoms with E-state index in [0.717, 1.165) is 43.7 Å². The van der Waals surface area contributed by atoms with Gasteiger partial charge in [0.05, 0.1) is 5.69 Å². The molecule has 0 bridgehead atoms. The van der Waals surface area contributed by atoms with Crippen LogP contribution < -0.4 is 5.32 Å². The van der Waals surface area contributed by atoms with Gasteiger partial charge in [-0.15, -0.1) is 24.8 Å². The van der Waals surface area contributed by atoms with Crippen LogP contribution in [0.25, 0.3) is 0 Å². The van der Waals surface area contributed by atoms with Crippen molar-refractivity contribution in [2.24, 2.45) is 0 Å². The van der Waals surface area contributed by atoms with E-state index in [1.807, 2.05) is 12.1 Å². The van der Waals surface area contributed by atoms with Crippen LogP contribution >= 0.6 is 24.8 Å². The fourth-order valence-electron chi connectivity index (χ4n) is 3.22. The molecule has 0 aliphatic carbocycles. The van der Waals surface area contributed by atoms with Crippen molar-refractivity contribution in [3.05, 3.63) is 53.1 Å². The lowest BCUT2D eigenvalue weighted by molar-refractivity contribution is 0.427. The van der Waals surface area contributed by atoms with E-state index in [4.69, 9.17) is 5.10 Å². The number of aryl methyl sites for hydroxylation is 1. The molecule has 0 atom stereocenters. The second kappa shape index (κ2) is 10.0. The first-order valence-electron chi connectivity index (χ1n) is 8.28. The molecule has 134 valence electrons. The van der Waals surface area contributed by atoms with Crippen LogP contribution in [-0.4, -0.2) is 22.9 Å². The standard InChI is InChI=1S/C18H24FN3.2ClH/c1-2-11-22-18(15-7-9-20-10-8-15)13-17(21-22)12-14-3-5-16(19)6-4-14;;/h3-6,13,15,20H,2,7-12H2,1H3;2*1H. The van der Waals surface area contributed by atoms with Crippen LogP contribution in [0.4, 0.5) is 4.39 Å². The molecule has 0 radical (unpaired) electrons. The number of halogens is 3. The average Bonchev–Trinajstić information content (AvgIpc) is 2.93. The Kier molecular flexibility index (Phi) is 8.74. The van der Waals surface area contributed by atoms with Gasteiger partial charge in [0, 0.05) is 24.6 Å². The van der Waals surface area contributed by atoms with Crippen molar-refractivity contribution >= 4 is 24.8 Å². The van der Waals surface area contributed by atoms with E-state index in [9.17, 15) is 4.39 Å². The van der Waals surface area contributed by atoms with Gasteiger partial charge < -0.3 is 5.32 Å². The molecule has 0 amide bonds. The van der Waals surface area contributed by atoms with Crippen molar-refractivity contribution in [2.75, 3.05) is 13.1 Å². The fraction of sp³-hybridized carbons (Fsp3) is 0.500. The van der Waals surface area contributed by atoms with Gasteiger partial charge in [0.25, 0.3) is 0 Å². The SMILES string of the molecule is CCCn1nc(Cc2ccc(F)cc2)cc1C1CCNCC1.Cl.Cl. The van der Waals surface area contributed by atoms with E-state index >= 15 is 0 Å². The number of benzene rings is 1. The summed E-state index contributed by atoms with van der Waals surface area (Å²) >= 11 is 0. The molecule has 3 nitrogen and oxygen atoms in total. The van der Waals surface area contributed by atoms with E-state index < -0.39 is 0 Å². The summed E-state index contributed by atoms with van der Waals surface area (Å²) in [5.74, 6) is 0.429. The van der Waals surface area contributed by atoms with Crippen LogP contribution in [0.5, 0.6) is 0 Å². The summed E-state index contributed by atoms with van der Waals surface area (Å²) in [4.78, 5) is 0. The monoisotopic (exact) mass is 373 g/mol. The van der Waals surface area contributed by atoms with Crippen molar-refractivity contribution < 1.29 is 4.39 Å². The van der Waals surface area contributed by atoms with Crippen molar-refractivity contribution in [2.45, 2.75) is 45.1 Å². The lowest BCUT2D eigenvalue weighted by atomic mass is 9.94. The van der Waals surface area contributed by atoms with Crippen LogP contribution in [0.1, 0.15) is 49.1 Å². The fourth-order valence-corrected chi connectivity index (χ4v) is 3.22. The predicted octanol–water partition coefficient (Wildman–Crippen LogP) is 4.33. The molecule has 1 aliphatic heterocycles. The Labute approximate surface area is 155 Å². The third kappa shape index (κ3) is 5.20. The summed E-state index contributed by atoms with van der Waals surface area (Å²) in [5.41, 5.74) is 3.58. The van der Waals surface area contributed by atoms with Gasteiger partial charge in [0.2, 0.25) is 0 Å². The quantitative estimate of drug-likeness (QED) is 0.844. The van der Waals surface area contributed by atoms with E-state index in [-0.39, 0.29) is 30.6 Å². The Morgan fingerprint density at radius 2 is 1.83 bits per heavy atom. The zero-order valence-electron chi connectivity index (χ0n) is 14.0. The van der Waals surface area contributed by atoms with Crippen LogP contribution in [0.3, 0.4) is 0 Å². The number of hydrogen-bond donors (Lipinski definition) is 1. The Hall–Kier alpha value is -1.10. The number of aromatic nitrogens is 2. The molecule has 0 unspecified atom stereocenters. The lowest BCUT2D eigenvalue weighted by Crippen LogP contribution is -2.27. The van der Waals surface area contributed by atoms with Gasteiger partial charge in [-0.25, -0.2) is 4.39 Å². The van der Waals surface area contributed by atoms with Crippen LogP contribution in [-0.2, 0) is 13.0 Å². The largest absolute Gasteiger partial charge is 0.317 e. The number of hydrogen-bond acceptors (Lipinski definition) is 2. The van der Waals surface area contributed by atoms with E-state index in [2.05, 4.69) is 23.0 Å². The van der Waals surface area contributed by atoms with Crippen molar-refractivity contribution in [3.63, 3.8) is 0 Å². The van der Waals surface area contributed by atoms with E-state index in [1.165, 1.54) is 30.7 Å². The van der Waals surface area contributed by atoms with Crippen LogP contribution in [0.2, 0.25) is 0 Å². The van der Waals surface area contributed by atoms with Crippen LogP contribution in [0.15, 0.2) is 30.3 Å². The topological polar surface area (TPSA) is 29.9 Å². The average molecular weight is 374 g/mol. The molecule has 1 aromatic carbocycles. The summed E-state index contributed by atoms with van der Waals surface area (Å²) in [6.45, 7) is 5.35. The van der Waals surface area contributed by atoms with Gasteiger partial charge in [-0.3, -0.25) is 4.68 Å². The van der Waals surface area contributed by atoms with Crippen molar-refractivity contribution in [3.8, 4) is 0 Å². The molecule has 1 aromatic heterocycles. The van der Waals surface area contributed by atoms with E-state index in [1.54, 1.807) is 0 Å². The van der Waals surface area contributed by atoms with Gasteiger partial charge in [0.15, 0.2) is 0 Å². The molecule has 24 heavy (non-hydrogen) atoms. The van der Waals surface area contributed by atoms with Gasteiger partial charge in [-0.05, 0) is 56.1 Å². The highest BCUT2D eigenvalue weighted by molar-refractivity contribution is 5.85. The molecule has 1 N–H and O–H groups in total. The zero-order valence-corrected chi connectivity index (χ0v) is 15.6. The number of rotatable bonds is 5. The molecule has 0 saturated carbocycles. The maximum absolute atomic E-state index is 13.0. The molecule has 2 heterocycles. The first-order chi connectivity index (χ1) is 10.8. The Morgan fingerprint density at radius 3 is 2.46 bits per heavy atom. The smallest absolute Gasteiger partial charge is 0.123 e. The van der Waals surface area contributed by atoms with Gasteiger partial charge in [0.1, 0.15) is 5.82 Å². The zero-order chi connectivity index (χ0) is 15.4. The molecule has 6 heteroatoms. The number of nitrogens with zero attached hydrogens (tertiary/aromatic N) is 2. The van der Waals surface area contributed by atoms with Gasteiger partial charge in [-0.1, -0.05) is 19.1 Å². The summed E-state index contributed by atoms with van der Waals surface area (Å²) in [5, 5.41) is 8.22. The molecule has 1 saturated heterocycles. The second-order valence-corrected chi connectivity index (χ2v) is 6.11. The maximum Gasteiger partial charge on any atom is 0.123 e. The Balaban J connectivity index is 0.00000144. The van der Waals surface area contributed by atoms with Gasteiger partial charge in [-0.2, -0.15) is 5.10 Å². The van der Waals surface area contributed by atoms with Crippen molar-refractivity contribution in [1.29, 1.82) is 0 Å². The molecule has 0 spiro atoms. The molecular formula is C18H26Cl2FN3. The minimum absolute atomic E-state index is 0. The molecular weight excluding hydrogens is 348 g/mol. The Bertz CT molecular complexity index is 607. The van der Waals surface area contributed by atoms with Crippen molar-refractivity contribution in [1.82, 2.24) is 15.1 Å². The third-order valence-electron chi connectivity index (χ3n) is 4.35. The van der Waals surface area contributed by atoms with Gasteiger partial charge >= 0.3 is 0 Å². The molecule has 1 aliphatic rings. The lowest BCUT2D eigenvalue weighted by Gasteiger charge is -2.23. The number of nitrogens with one attached hydrogen (secondary N) is 1. The molecule has 1 fully saturated rings. The normalized spacial score (nSPS) is 14.8. The number of piperidine rings is 1. The summed E-state index contributed by atoms with van der Waals surface area (Å²) in [6.07, 6.45) is 4.24.